The Morgan fingerprint density at radius 1 is 1.35 bits per heavy atom. The number of nitrogens with zero attached hydrogens (tertiary/aromatic N) is 1. The number of allylic oxidation sites excluding steroid dienone is 1. The van der Waals surface area contributed by atoms with Crippen molar-refractivity contribution in [1.82, 2.24) is 4.90 Å². The van der Waals surface area contributed by atoms with Crippen LogP contribution in [0.1, 0.15) is 19.4 Å². The summed E-state index contributed by atoms with van der Waals surface area (Å²) in [6, 6.07) is 10.2. The lowest BCUT2D eigenvalue weighted by Gasteiger charge is -2.26. The van der Waals surface area contributed by atoms with Crippen LogP contribution < -0.4 is 0 Å². The lowest BCUT2D eigenvalue weighted by molar-refractivity contribution is -0.142. The first-order chi connectivity index (χ1) is 9.56. The minimum absolute atomic E-state index is 0.195. The molecule has 20 heavy (non-hydrogen) atoms. The first-order valence-corrected chi connectivity index (χ1v) is 7.02. The van der Waals surface area contributed by atoms with Crippen molar-refractivity contribution in [2.75, 3.05) is 20.2 Å². The molecular weight excluding hydrogens is 250 g/mol. The molecule has 1 rings (SSSR count). The smallest absolute Gasteiger partial charge is 0.319 e. The highest BCUT2D eigenvalue weighted by Gasteiger charge is 2.17. The first-order valence-electron chi connectivity index (χ1n) is 7.02. The van der Waals surface area contributed by atoms with Crippen molar-refractivity contribution >= 4 is 5.97 Å². The van der Waals surface area contributed by atoms with E-state index < -0.39 is 0 Å². The molecule has 0 bridgehead atoms. The molecule has 0 spiro atoms. The maximum atomic E-state index is 11.5. The molecule has 0 aromatic heterocycles. The van der Waals surface area contributed by atoms with Crippen LogP contribution in [0.4, 0.5) is 0 Å². The van der Waals surface area contributed by atoms with E-state index in [2.05, 4.69) is 37.5 Å². The number of carbonyl (C=O) groups excluding carboxylic acids is 1. The molecule has 0 heterocycles. The van der Waals surface area contributed by atoms with Crippen molar-refractivity contribution in [2.45, 2.75) is 20.4 Å². The predicted octanol–water partition coefficient (Wildman–Crippen LogP) is 3.12. The quantitative estimate of drug-likeness (QED) is 0.539. The lowest BCUT2D eigenvalue weighted by Crippen LogP contribution is -2.35. The first kappa shape index (κ1) is 16.4. The number of hydrogen-bond donors (Lipinski definition) is 0. The summed E-state index contributed by atoms with van der Waals surface area (Å²) in [6.45, 7) is 10.1. The van der Waals surface area contributed by atoms with E-state index >= 15 is 0 Å². The number of carbonyl (C=O) groups is 1. The van der Waals surface area contributed by atoms with Gasteiger partial charge >= 0.3 is 5.97 Å². The number of benzene rings is 1. The van der Waals surface area contributed by atoms with E-state index in [4.69, 9.17) is 4.74 Å². The third-order valence-electron chi connectivity index (χ3n) is 3.64. The van der Waals surface area contributed by atoms with E-state index in [1.54, 1.807) is 0 Å². The highest BCUT2D eigenvalue weighted by molar-refractivity contribution is 5.71. The fraction of sp³-hybridized carbons (Fsp3) is 0.471. The number of rotatable bonds is 8. The van der Waals surface area contributed by atoms with Gasteiger partial charge in [0.1, 0.15) is 0 Å². The maximum absolute atomic E-state index is 11.5. The minimum Gasteiger partial charge on any atom is -0.468 e. The average molecular weight is 275 g/mol. The predicted molar refractivity (Wildman–Crippen MR) is 82.3 cm³/mol. The van der Waals surface area contributed by atoms with E-state index in [1.807, 2.05) is 24.3 Å². The molecule has 1 aromatic carbocycles. The van der Waals surface area contributed by atoms with Gasteiger partial charge in [0.2, 0.25) is 0 Å². The number of esters is 1. The van der Waals surface area contributed by atoms with Crippen molar-refractivity contribution in [3.63, 3.8) is 0 Å². The van der Waals surface area contributed by atoms with Gasteiger partial charge < -0.3 is 4.74 Å². The van der Waals surface area contributed by atoms with Crippen molar-refractivity contribution in [3.05, 3.63) is 48.6 Å². The fourth-order valence-corrected chi connectivity index (χ4v) is 2.08. The zero-order valence-corrected chi connectivity index (χ0v) is 12.7. The molecule has 110 valence electrons. The normalized spacial score (nSPS) is 13.8. The monoisotopic (exact) mass is 275 g/mol. The molecule has 3 heteroatoms. The van der Waals surface area contributed by atoms with Crippen LogP contribution in [0.3, 0.4) is 0 Å². The Morgan fingerprint density at radius 2 is 2.00 bits per heavy atom. The van der Waals surface area contributed by atoms with E-state index in [1.165, 1.54) is 12.7 Å². The summed E-state index contributed by atoms with van der Waals surface area (Å²) in [4.78, 5) is 13.7. The molecule has 3 nitrogen and oxygen atoms in total. The maximum Gasteiger partial charge on any atom is 0.319 e. The summed E-state index contributed by atoms with van der Waals surface area (Å²) in [5, 5.41) is 0. The van der Waals surface area contributed by atoms with Crippen LogP contribution in [-0.2, 0) is 16.1 Å². The van der Waals surface area contributed by atoms with Gasteiger partial charge in [-0.3, -0.25) is 9.69 Å². The molecule has 0 unspecified atom stereocenters. The molecule has 2 atom stereocenters. The number of ether oxygens (including phenoxy) is 1. The molecule has 0 N–H and O–H groups in total. The molecule has 0 aliphatic rings. The molecule has 0 amide bonds. The third kappa shape index (κ3) is 5.57. The van der Waals surface area contributed by atoms with Gasteiger partial charge in [-0.05, 0) is 17.4 Å². The molecule has 0 fully saturated rings. The number of methoxy groups -OCH3 is 1. The van der Waals surface area contributed by atoms with E-state index in [-0.39, 0.29) is 5.97 Å². The topological polar surface area (TPSA) is 29.5 Å². The van der Waals surface area contributed by atoms with Gasteiger partial charge in [0.15, 0.2) is 0 Å². The molecule has 1 aromatic rings. The highest BCUT2D eigenvalue weighted by Crippen LogP contribution is 2.15. The van der Waals surface area contributed by atoms with Crippen LogP contribution in [0.2, 0.25) is 0 Å². The lowest BCUT2D eigenvalue weighted by atomic mass is 9.95. The summed E-state index contributed by atoms with van der Waals surface area (Å²) < 4.78 is 4.79. The highest BCUT2D eigenvalue weighted by atomic mass is 16.5. The van der Waals surface area contributed by atoms with Crippen molar-refractivity contribution < 1.29 is 9.53 Å². The Kier molecular flexibility index (Phi) is 7.02. The van der Waals surface area contributed by atoms with E-state index in [0.29, 0.717) is 18.4 Å². The van der Waals surface area contributed by atoms with Crippen LogP contribution in [-0.4, -0.2) is 31.1 Å². The van der Waals surface area contributed by atoms with Gasteiger partial charge in [-0.25, -0.2) is 0 Å². The average Bonchev–Trinajstić information content (AvgIpc) is 2.47. The van der Waals surface area contributed by atoms with Gasteiger partial charge in [-0.15, -0.1) is 6.58 Å². The zero-order chi connectivity index (χ0) is 15.0. The van der Waals surface area contributed by atoms with Crippen LogP contribution in [0.5, 0.6) is 0 Å². The SMILES string of the molecule is C=C[C@@H](C)[C@H](C)CN(CC(=O)OC)Cc1ccccc1. The molecule has 0 aliphatic heterocycles. The second-order valence-corrected chi connectivity index (χ2v) is 5.30. The largest absolute Gasteiger partial charge is 0.468 e. The fourth-order valence-electron chi connectivity index (χ4n) is 2.08. The van der Waals surface area contributed by atoms with Gasteiger partial charge in [0, 0.05) is 13.1 Å². The summed E-state index contributed by atoms with van der Waals surface area (Å²) in [5.41, 5.74) is 1.20. The molecule has 0 saturated heterocycles. The van der Waals surface area contributed by atoms with Gasteiger partial charge in [0.25, 0.3) is 0 Å². The Morgan fingerprint density at radius 3 is 2.55 bits per heavy atom. The summed E-state index contributed by atoms with van der Waals surface area (Å²) in [5.74, 6) is 0.672. The Bertz CT molecular complexity index is 416. The Hall–Kier alpha value is -1.61. The van der Waals surface area contributed by atoms with E-state index in [0.717, 1.165) is 13.1 Å². The second-order valence-electron chi connectivity index (χ2n) is 5.30. The van der Waals surface area contributed by atoms with Crippen molar-refractivity contribution in [3.8, 4) is 0 Å². The zero-order valence-electron chi connectivity index (χ0n) is 12.7. The summed E-state index contributed by atoms with van der Waals surface area (Å²) in [7, 11) is 1.43. The van der Waals surface area contributed by atoms with Crippen LogP contribution in [0.25, 0.3) is 0 Å². The van der Waals surface area contributed by atoms with Gasteiger partial charge in [-0.2, -0.15) is 0 Å². The van der Waals surface area contributed by atoms with Crippen LogP contribution >= 0.6 is 0 Å². The van der Waals surface area contributed by atoms with Crippen LogP contribution in [0, 0.1) is 11.8 Å². The Labute approximate surface area is 122 Å². The molecular formula is C17H25NO2. The standard InChI is InChI=1S/C17H25NO2/c1-5-14(2)15(3)11-18(13-17(19)20-4)12-16-9-7-6-8-10-16/h5-10,14-15H,1,11-13H2,2-4H3/t14-,15-/m1/s1. The van der Waals surface area contributed by atoms with E-state index in [9.17, 15) is 4.79 Å². The summed E-state index contributed by atoms with van der Waals surface area (Å²) >= 11 is 0. The third-order valence-corrected chi connectivity index (χ3v) is 3.64. The van der Waals surface area contributed by atoms with Crippen molar-refractivity contribution in [1.29, 1.82) is 0 Å². The second kappa shape index (κ2) is 8.54. The Balaban J connectivity index is 2.69. The summed E-state index contributed by atoms with van der Waals surface area (Å²) in [6.07, 6.45) is 1.96. The molecule has 0 radical (unpaired) electrons. The van der Waals surface area contributed by atoms with Crippen molar-refractivity contribution in [2.24, 2.45) is 11.8 Å². The van der Waals surface area contributed by atoms with Gasteiger partial charge in [-0.1, -0.05) is 50.3 Å². The van der Waals surface area contributed by atoms with Crippen LogP contribution in [0.15, 0.2) is 43.0 Å². The minimum atomic E-state index is -0.195. The van der Waals surface area contributed by atoms with Gasteiger partial charge in [0.05, 0.1) is 13.7 Å². The number of hydrogen-bond acceptors (Lipinski definition) is 3. The molecule has 0 saturated carbocycles. The molecule has 0 aliphatic carbocycles.